The van der Waals surface area contributed by atoms with Crippen LogP contribution in [-0.2, 0) is 6.42 Å². The first-order valence-electron chi connectivity index (χ1n) is 5.67. The molecule has 0 unspecified atom stereocenters. The highest BCUT2D eigenvalue weighted by atomic mass is 32.1. The first-order valence-corrected chi connectivity index (χ1v) is 6.55. The van der Waals surface area contributed by atoms with E-state index in [1.165, 1.54) is 5.56 Å². The zero-order valence-electron chi connectivity index (χ0n) is 9.82. The number of rotatable bonds is 2. The van der Waals surface area contributed by atoms with Crippen molar-refractivity contribution < 1.29 is 0 Å². The number of hydrogen-bond donors (Lipinski definition) is 1. The van der Waals surface area contributed by atoms with E-state index in [0.29, 0.717) is 0 Å². The Balaban J connectivity index is 2.17. The molecule has 0 atom stereocenters. The van der Waals surface area contributed by atoms with Crippen LogP contribution in [0, 0.1) is 6.92 Å². The fourth-order valence-corrected chi connectivity index (χ4v) is 2.66. The van der Waals surface area contributed by atoms with Gasteiger partial charge in [0.1, 0.15) is 0 Å². The number of aryl methyl sites for hydroxylation is 2. The van der Waals surface area contributed by atoms with Crippen molar-refractivity contribution in [3.63, 3.8) is 0 Å². The molecule has 3 rings (SSSR count). The lowest BCUT2D eigenvalue weighted by Crippen LogP contribution is -1.79. The van der Waals surface area contributed by atoms with E-state index in [-0.39, 0.29) is 0 Å². The van der Waals surface area contributed by atoms with Crippen molar-refractivity contribution in [3.05, 3.63) is 35.0 Å². The number of hydrogen-bond acceptors (Lipinski definition) is 3. The van der Waals surface area contributed by atoms with Gasteiger partial charge in [0.05, 0.1) is 27.1 Å². The van der Waals surface area contributed by atoms with Crippen LogP contribution in [0.4, 0.5) is 0 Å². The third kappa shape index (κ3) is 1.74. The fourth-order valence-electron chi connectivity index (χ4n) is 1.91. The van der Waals surface area contributed by atoms with E-state index in [1.54, 1.807) is 11.3 Å². The van der Waals surface area contributed by atoms with Gasteiger partial charge in [-0.05, 0) is 31.0 Å². The maximum Gasteiger partial charge on any atom is 0.150 e. The third-order valence-corrected chi connectivity index (χ3v) is 3.85. The number of fused-ring (bicyclic) bond motifs is 1. The average Bonchev–Trinajstić information content (AvgIpc) is 2.93. The molecular formula is C13H13N3S. The van der Waals surface area contributed by atoms with Crippen molar-refractivity contribution in [2.24, 2.45) is 0 Å². The molecule has 3 nitrogen and oxygen atoms in total. The molecule has 0 bridgehead atoms. The van der Waals surface area contributed by atoms with Crippen LogP contribution in [0.3, 0.4) is 0 Å². The summed E-state index contributed by atoms with van der Waals surface area (Å²) in [7, 11) is 0. The Labute approximate surface area is 104 Å². The summed E-state index contributed by atoms with van der Waals surface area (Å²) >= 11 is 1.62. The number of H-pyrrole nitrogens is 1. The SMILES string of the molecule is CCc1ccc2nc(-c3scnc3C)[nH]c2c1. The summed E-state index contributed by atoms with van der Waals surface area (Å²) in [6, 6.07) is 6.37. The third-order valence-electron chi connectivity index (χ3n) is 2.92. The predicted octanol–water partition coefficient (Wildman–Crippen LogP) is 3.56. The molecule has 1 aromatic carbocycles. The van der Waals surface area contributed by atoms with Crippen molar-refractivity contribution >= 4 is 22.4 Å². The van der Waals surface area contributed by atoms with Gasteiger partial charge in [-0.25, -0.2) is 9.97 Å². The van der Waals surface area contributed by atoms with Crippen LogP contribution in [0.1, 0.15) is 18.2 Å². The highest BCUT2D eigenvalue weighted by molar-refractivity contribution is 7.13. The van der Waals surface area contributed by atoms with Gasteiger partial charge >= 0.3 is 0 Å². The molecule has 0 radical (unpaired) electrons. The number of imidazole rings is 1. The molecule has 2 aromatic heterocycles. The molecule has 2 heterocycles. The number of aromatic amines is 1. The fraction of sp³-hybridized carbons (Fsp3) is 0.231. The standard InChI is InChI=1S/C13H13N3S/c1-3-9-4-5-10-11(6-9)16-13(15-10)12-8(2)14-7-17-12/h4-7H,3H2,1-2H3,(H,15,16). The van der Waals surface area contributed by atoms with Crippen LogP contribution in [0.25, 0.3) is 21.7 Å². The smallest absolute Gasteiger partial charge is 0.150 e. The summed E-state index contributed by atoms with van der Waals surface area (Å²) in [5.74, 6) is 0.924. The summed E-state index contributed by atoms with van der Waals surface area (Å²) in [5, 5.41) is 0. The highest BCUT2D eigenvalue weighted by Gasteiger charge is 2.09. The number of thiazole rings is 1. The molecule has 0 spiro atoms. The quantitative estimate of drug-likeness (QED) is 0.747. The molecular weight excluding hydrogens is 230 g/mol. The highest BCUT2D eigenvalue weighted by Crippen LogP contribution is 2.27. The Bertz CT molecular complexity index is 666. The van der Waals surface area contributed by atoms with Crippen molar-refractivity contribution in [1.82, 2.24) is 15.0 Å². The van der Waals surface area contributed by atoms with Gasteiger partial charge in [0, 0.05) is 0 Å². The van der Waals surface area contributed by atoms with E-state index in [9.17, 15) is 0 Å². The Morgan fingerprint density at radius 1 is 1.35 bits per heavy atom. The van der Waals surface area contributed by atoms with Gasteiger partial charge in [0.2, 0.25) is 0 Å². The lowest BCUT2D eigenvalue weighted by atomic mass is 10.1. The molecule has 0 saturated carbocycles. The van der Waals surface area contributed by atoms with Gasteiger partial charge in [-0.15, -0.1) is 11.3 Å². The minimum atomic E-state index is 0.924. The molecule has 0 amide bonds. The largest absolute Gasteiger partial charge is 0.337 e. The van der Waals surface area contributed by atoms with Crippen LogP contribution in [-0.4, -0.2) is 15.0 Å². The Kier molecular flexibility index (Phi) is 2.44. The van der Waals surface area contributed by atoms with Crippen LogP contribution < -0.4 is 0 Å². The van der Waals surface area contributed by atoms with Gasteiger partial charge < -0.3 is 4.98 Å². The summed E-state index contributed by atoms with van der Waals surface area (Å²) in [5.41, 5.74) is 6.34. The minimum absolute atomic E-state index is 0.924. The molecule has 4 heteroatoms. The zero-order chi connectivity index (χ0) is 11.8. The Hall–Kier alpha value is -1.68. The van der Waals surface area contributed by atoms with E-state index in [0.717, 1.165) is 33.8 Å². The molecule has 86 valence electrons. The van der Waals surface area contributed by atoms with Crippen molar-refractivity contribution in [3.8, 4) is 10.7 Å². The van der Waals surface area contributed by atoms with Gasteiger partial charge in [0.15, 0.2) is 5.82 Å². The Morgan fingerprint density at radius 2 is 2.24 bits per heavy atom. The molecule has 0 aliphatic carbocycles. The van der Waals surface area contributed by atoms with E-state index >= 15 is 0 Å². The van der Waals surface area contributed by atoms with E-state index in [1.807, 2.05) is 12.4 Å². The van der Waals surface area contributed by atoms with Crippen molar-refractivity contribution in [2.75, 3.05) is 0 Å². The number of nitrogens with one attached hydrogen (secondary N) is 1. The Morgan fingerprint density at radius 3 is 2.94 bits per heavy atom. The van der Waals surface area contributed by atoms with Gasteiger partial charge in [0.25, 0.3) is 0 Å². The molecule has 0 aliphatic heterocycles. The van der Waals surface area contributed by atoms with Gasteiger partial charge in [-0.1, -0.05) is 13.0 Å². The molecule has 0 saturated heterocycles. The zero-order valence-corrected chi connectivity index (χ0v) is 10.6. The number of aromatic nitrogens is 3. The maximum atomic E-state index is 4.61. The second-order valence-corrected chi connectivity index (χ2v) is 4.91. The van der Waals surface area contributed by atoms with E-state index in [4.69, 9.17) is 0 Å². The predicted molar refractivity (Wildman–Crippen MR) is 71.3 cm³/mol. The molecule has 1 N–H and O–H groups in total. The summed E-state index contributed by atoms with van der Waals surface area (Å²) in [6.45, 7) is 4.17. The van der Waals surface area contributed by atoms with Crippen LogP contribution in [0.15, 0.2) is 23.7 Å². The van der Waals surface area contributed by atoms with Crippen molar-refractivity contribution in [1.29, 1.82) is 0 Å². The number of benzene rings is 1. The average molecular weight is 243 g/mol. The first kappa shape index (κ1) is 10.5. The number of nitrogens with zero attached hydrogens (tertiary/aromatic N) is 2. The molecule has 17 heavy (non-hydrogen) atoms. The van der Waals surface area contributed by atoms with E-state index < -0.39 is 0 Å². The molecule has 0 fully saturated rings. The van der Waals surface area contributed by atoms with Crippen LogP contribution >= 0.6 is 11.3 Å². The summed E-state index contributed by atoms with van der Waals surface area (Å²) in [6.07, 6.45) is 1.05. The maximum absolute atomic E-state index is 4.61. The van der Waals surface area contributed by atoms with E-state index in [2.05, 4.69) is 40.1 Å². The summed E-state index contributed by atoms with van der Waals surface area (Å²) < 4.78 is 0. The van der Waals surface area contributed by atoms with Crippen LogP contribution in [0.5, 0.6) is 0 Å². The molecule has 0 aliphatic rings. The normalized spacial score (nSPS) is 11.2. The second-order valence-electron chi connectivity index (χ2n) is 4.06. The minimum Gasteiger partial charge on any atom is -0.337 e. The molecule has 3 aromatic rings. The second kappa shape index (κ2) is 3.96. The monoisotopic (exact) mass is 243 g/mol. The van der Waals surface area contributed by atoms with Gasteiger partial charge in [-0.3, -0.25) is 0 Å². The summed E-state index contributed by atoms with van der Waals surface area (Å²) in [4.78, 5) is 13.4. The first-order chi connectivity index (χ1) is 8.28. The van der Waals surface area contributed by atoms with Crippen LogP contribution in [0.2, 0.25) is 0 Å². The topological polar surface area (TPSA) is 41.6 Å². The lowest BCUT2D eigenvalue weighted by Gasteiger charge is -1.94. The lowest BCUT2D eigenvalue weighted by molar-refractivity contribution is 1.14. The van der Waals surface area contributed by atoms with Crippen molar-refractivity contribution in [2.45, 2.75) is 20.3 Å². The van der Waals surface area contributed by atoms with Gasteiger partial charge in [-0.2, -0.15) is 0 Å².